The molecule has 0 radical (unpaired) electrons. The fourth-order valence-electron chi connectivity index (χ4n) is 2.50. The first-order valence-corrected chi connectivity index (χ1v) is 7.12. The van der Waals surface area contributed by atoms with Gasteiger partial charge in [-0.05, 0) is 11.6 Å². The molecule has 0 aliphatic heterocycles. The Morgan fingerprint density at radius 1 is 1.27 bits per heavy atom. The molecule has 1 aromatic rings. The lowest BCUT2D eigenvalue weighted by Gasteiger charge is -2.13. The van der Waals surface area contributed by atoms with Crippen LogP contribution >= 0.6 is 11.6 Å². The molecule has 8 heteroatoms. The molecule has 1 atom stereocenters. The molecule has 1 aromatic carbocycles. The summed E-state index contributed by atoms with van der Waals surface area (Å²) in [4.78, 5) is 21.6. The molecule has 0 amide bonds. The molecule has 0 fully saturated rings. The third kappa shape index (κ3) is 2.86. The molecule has 116 valence electrons. The second-order valence-corrected chi connectivity index (χ2v) is 5.12. The zero-order chi connectivity index (χ0) is 16.3. The number of fused-ring (bicyclic) bond motifs is 1. The van der Waals surface area contributed by atoms with Crippen molar-refractivity contribution in [2.24, 2.45) is 5.73 Å². The Balaban J connectivity index is 3.00. The molecular formula is C14H14ClN3O4. The maximum absolute atomic E-state index is 11.4. The Labute approximate surface area is 130 Å². The minimum atomic E-state index is -0.548. The van der Waals surface area contributed by atoms with E-state index in [-0.39, 0.29) is 46.6 Å². The van der Waals surface area contributed by atoms with Crippen LogP contribution in [0.25, 0.3) is 11.8 Å². The average molecular weight is 324 g/mol. The van der Waals surface area contributed by atoms with Gasteiger partial charge in [0.1, 0.15) is 0 Å². The van der Waals surface area contributed by atoms with Crippen molar-refractivity contribution in [3.05, 3.63) is 60.5 Å². The number of nitro groups is 2. The van der Waals surface area contributed by atoms with Crippen LogP contribution in [0.1, 0.15) is 17.9 Å². The first kappa shape index (κ1) is 16.1. The maximum Gasteiger partial charge on any atom is 0.277 e. The lowest BCUT2D eigenvalue weighted by Crippen LogP contribution is -2.37. The van der Waals surface area contributed by atoms with Crippen molar-refractivity contribution < 1.29 is 9.85 Å². The van der Waals surface area contributed by atoms with Crippen molar-refractivity contribution in [1.82, 2.24) is 0 Å². The van der Waals surface area contributed by atoms with Crippen molar-refractivity contribution in [3.8, 4) is 0 Å². The summed E-state index contributed by atoms with van der Waals surface area (Å²) < 4.78 is 0. The van der Waals surface area contributed by atoms with E-state index in [4.69, 9.17) is 17.3 Å². The van der Waals surface area contributed by atoms with E-state index in [0.29, 0.717) is 5.56 Å². The van der Waals surface area contributed by atoms with Crippen molar-refractivity contribution in [1.29, 1.82) is 0 Å². The maximum atomic E-state index is 11.4. The molecule has 2 rings (SSSR count). The van der Waals surface area contributed by atoms with Gasteiger partial charge in [0.25, 0.3) is 11.4 Å². The van der Waals surface area contributed by atoms with Gasteiger partial charge in [0, 0.05) is 24.4 Å². The summed E-state index contributed by atoms with van der Waals surface area (Å²) >= 11 is 5.90. The number of rotatable bonds is 5. The van der Waals surface area contributed by atoms with E-state index in [1.165, 1.54) is 18.2 Å². The molecule has 1 aliphatic carbocycles. The predicted molar refractivity (Wildman–Crippen MR) is 83.5 cm³/mol. The van der Waals surface area contributed by atoms with Gasteiger partial charge in [-0.3, -0.25) is 20.2 Å². The summed E-state index contributed by atoms with van der Waals surface area (Å²) in [6.07, 6.45) is 4.80. The monoisotopic (exact) mass is 323 g/mol. The van der Waals surface area contributed by atoms with Gasteiger partial charge in [-0.15, -0.1) is 11.6 Å². The van der Waals surface area contributed by atoms with Gasteiger partial charge in [0.2, 0.25) is 0 Å². The Hall–Kier alpha value is -2.25. The minimum absolute atomic E-state index is 0.0812. The zero-order valence-corrected chi connectivity index (χ0v) is 12.3. The second kappa shape index (κ2) is 6.67. The summed E-state index contributed by atoms with van der Waals surface area (Å²) in [7, 11) is 0. The second-order valence-electron chi connectivity index (χ2n) is 4.81. The van der Waals surface area contributed by atoms with Crippen LogP contribution in [0.4, 0.5) is 5.69 Å². The predicted octanol–water partition coefficient (Wildman–Crippen LogP) is 1.00. The standard InChI is InChI=1S/C14H14ClN3O4/c15-7-9(8-16)10-5-6-12(17(19)20)11-3-1-2-4-13(14(10)11)18(21)22/h1-3,5-6,9H,4,7-8,16H2. The Morgan fingerprint density at radius 3 is 2.55 bits per heavy atom. The topological polar surface area (TPSA) is 112 Å². The van der Waals surface area contributed by atoms with Crippen molar-refractivity contribution >= 4 is 29.1 Å². The van der Waals surface area contributed by atoms with Crippen molar-refractivity contribution in [2.75, 3.05) is 12.4 Å². The highest BCUT2D eigenvalue weighted by atomic mass is 35.5. The van der Waals surface area contributed by atoms with Gasteiger partial charge in [-0.1, -0.05) is 18.2 Å². The summed E-state index contributed by atoms with van der Waals surface area (Å²) in [5, 5.41) is 23.1. The first-order chi connectivity index (χ1) is 10.5. The number of nitrogens with zero attached hydrogens (tertiary/aromatic N) is 2. The fraction of sp³-hybridized carbons (Fsp3) is 0.286. The van der Waals surface area contributed by atoms with Gasteiger partial charge < -0.3 is 5.73 Å². The number of benzene rings is 1. The quantitative estimate of drug-likeness (QED) is 0.493. The molecule has 1 aliphatic rings. The summed E-state index contributed by atoms with van der Waals surface area (Å²) in [5.41, 5.74) is 6.00. The highest BCUT2D eigenvalue weighted by molar-refractivity contribution is 6.18. The first-order valence-electron chi connectivity index (χ1n) is 6.59. The van der Waals surface area contributed by atoms with E-state index in [1.807, 2.05) is 0 Å². The Kier molecular flexibility index (Phi) is 4.89. The number of non-ortho nitro benzene ring substituents is 1. The van der Waals surface area contributed by atoms with Gasteiger partial charge in [0.15, 0.2) is 0 Å². The number of halogens is 1. The number of hydrogen-bond acceptors (Lipinski definition) is 5. The smallest absolute Gasteiger partial charge is 0.277 e. The van der Waals surface area contributed by atoms with Gasteiger partial charge in [0.05, 0.1) is 26.7 Å². The molecule has 0 heterocycles. The summed E-state index contributed by atoms with van der Waals surface area (Å²) in [6.45, 7) is 0.201. The van der Waals surface area contributed by atoms with Crippen LogP contribution in [-0.4, -0.2) is 22.3 Å². The van der Waals surface area contributed by atoms with E-state index in [0.717, 1.165) is 0 Å². The van der Waals surface area contributed by atoms with Crippen LogP contribution in [0.2, 0.25) is 0 Å². The molecule has 0 saturated heterocycles. The molecular weight excluding hydrogens is 310 g/mol. The van der Waals surface area contributed by atoms with Gasteiger partial charge >= 0.3 is 0 Å². The highest BCUT2D eigenvalue weighted by Crippen LogP contribution is 2.17. The van der Waals surface area contributed by atoms with Crippen molar-refractivity contribution in [2.45, 2.75) is 12.3 Å². The summed E-state index contributed by atoms with van der Waals surface area (Å²) in [6, 6.07) is 2.86. The molecule has 0 aromatic heterocycles. The van der Waals surface area contributed by atoms with E-state index in [1.54, 1.807) is 12.2 Å². The largest absolute Gasteiger partial charge is 0.330 e. The number of nitro benzene ring substituents is 1. The fourth-order valence-corrected chi connectivity index (χ4v) is 2.79. The molecule has 0 bridgehead atoms. The Morgan fingerprint density at radius 2 is 2.00 bits per heavy atom. The molecule has 0 saturated carbocycles. The number of nitrogens with two attached hydrogens (primary N) is 1. The third-order valence-corrected chi connectivity index (χ3v) is 3.95. The molecule has 7 nitrogen and oxygen atoms in total. The molecule has 0 spiro atoms. The van der Waals surface area contributed by atoms with E-state index >= 15 is 0 Å². The molecule has 2 N–H and O–H groups in total. The van der Waals surface area contributed by atoms with E-state index < -0.39 is 9.85 Å². The van der Waals surface area contributed by atoms with E-state index in [2.05, 4.69) is 0 Å². The van der Waals surface area contributed by atoms with Crippen LogP contribution < -0.4 is 16.2 Å². The highest BCUT2D eigenvalue weighted by Gasteiger charge is 2.23. The number of alkyl halides is 1. The lowest BCUT2D eigenvalue weighted by molar-refractivity contribution is -0.387. The number of hydrogen-bond donors (Lipinski definition) is 1. The van der Waals surface area contributed by atoms with E-state index in [9.17, 15) is 20.2 Å². The molecule has 1 unspecified atom stereocenters. The van der Waals surface area contributed by atoms with Gasteiger partial charge in [-0.25, -0.2) is 0 Å². The zero-order valence-electron chi connectivity index (χ0n) is 11.6. The van der Waals surface area contributed by atoms with Crippen LogP contribution in [-0.2, 0) is 0 Å². The van der Waals surface area contributed by atoms with Crippen LogP contribution in [0, 0.1) is 20.2 Å². The van der Waals surface area contributed by atoms with Crippen LogP contribution in [0.3, 0.4) is 0 Å². The SMILES string of the molecule is NCC(CCl)c1ccc([N+](=O)[O-])c2c1=C([N+](=O)[O-])CC=CC=2. The average Bonchev–Trinajstić information content (AvgIpc) is 2.71. The van der Waals surface area contributed by atoms with Crippen LogP contribution in [0.5, 0.6) is 0 Å². The van der Waals surface area contributed by atoms with Gasteiger partial charge in [-0.2, -0.15) is 0 Å². The Bertz CT molecular complexity index is 769. The normalized spacial score (nSPS) is 14.7. The van der Waals surface area contributed by atoms with Crippen LogP contribution in [0.15, 0.2) is 24.3 Å². The summed E-state index contributed by atoms with van der Waals surface area (Å²) in [5.74, 6) is -0.128. The third-order valence-electron chi connectivity index (χ3n) is 3.58. The minimum Gasteiger partial charge on any atom is -0.330 e. The number of allylic oxidation sites excluding steroid dienone is 1. The van der Waals surface area contributed by atoms with Crippen molar-refractivity contribution in [3.63, 3.8) is 0 Å². The lowest BCUT2D eigenvalue weighted by atomic mass is 9.95. The molecule has 22 heavy (non-hydrogen) atoms.